The molecule has 0 aromatic heterocycles. The molecular weight excluding hydrogens is 280 g/mol. The molecule has 1 aliphatic heterocycles. The zero-order chi connectivity index (χ0) is 14.7. The highest BCUT2D eigenvalue weighted by Gasteiger charge is 2.27. The lowest BCUT2D eigenvalue weighted by Crippen LogP contribution is -2.28. The maximum absolute atomic E-state index is 12.4. The summed E-state index contributed by atoms with van der Waals surface area (Å²) in [6.07, 6.45) is 1.90. The molecule has 2 rings (SSSR count). The van der Waals surface area contributed by atoms with Crippen LogP contribution in [-0.4, -0.2) is 34.7 Å². The number of benzene rings is 1. The Bertz CT molecular complexity index is 533. The van der Waals surface area contributed by atoms with E-state index < -0.39 is 4.92 Å². The predicted molar refractivity (Wildman–Crippen MR) is 77.2 cm³/mol. The van der Waals surface area contributed by atoms with Crippen molar-refractivity contribution in [3.8, 4) is 0 Å². The second kappa shape index (κ2) is 6.22. The minimum Gasteiger partial charge on any atom is -0.338 e. The molecule has 20 heavy (non-hydrogen) atoms. The van der Waals surface area contributed by atoms with Crippen LogP contribution in [0.3, 0.4) is 0 Å². The molecule has 0 spiro atoms. The Kier molecular flexibility index (Phi) is 4.60. The van der Waals surface area contributed by atoms with Gasteiger partial charge in [0.05, 0.1) is 4.92 Å². The molecule has 6 heteroatoms. The first-order valence-corrected chi connectivity index (χ1v) is 7.16. The highest BCUT2D eigenvalue weighted by atomic mass is 35.5. The van der Waals surface area contributed by atoms with Gasteiger partial charge in [0.15, 0.2) is 0 Å². The Balaban J connectivity index is 2.10. The lowest BCUT2D eigenvalue weighted by Gasteiger charge is -2.16. The van der Waals surface area contributed by atoms with Gasteiger partial charge in [0.25, 0.3) is 11.6 Å². The molecule has 0 saturated carbocycles. The number of amides is 1. The summed E-state index contributed by atoms with van der Waals surface area (Å²) in [5, 5.41) is 10.8. The number of rotatable bonds is 4. The van der Waals surface area contributed by atoms with Gasteiger partial charge in [0, 0.05) is 36.2 Å². The number of nitro groups is 1. The highest BCUT2D eigenvalue weighted by Crippen LogP contribution is 2.24. The van der Waals surface area contributed by atoms with Crippen molar-refractivity contribution in [2.24, 2.45) is 5.92 Å². The second-order valence-electron chi connectivity index (χ2n) is 5.14. The molecule has 108 valence electrons. The number of carbonyl (C=O) groups excluding carboxylic acids is 1. The van der Waals surface area contributed by atoms with Crippen molar-refractivity contribution in [3.05, 3.63) is 39.4 Å². The monoisotopic (exact) mass is 296 g/mol. The summed E-state index contributed by atoms with van der Waals surface area (Å²) in [5.41, 5.74) is 1.07. The Morgan fingerprint density at radius 2 is 2.30 bits per heavy atom. The van der Waals surface area contributed by atoms with Gasteiger partial charge in [-0.2, -0.15) is 0 Å². The summed E-state index contributed by atoms with van der Waals surface area (Å²) in [7, 11) is 0. The number of alkyl halides is 1. The van der Waals surface area contributed by atoms with E-state index in [-0.39, 0.29) is 11.6 Å². The number of hydrogen-bond acceptors (Lipinski definition) is 3. The molecule has 1 aromatic rings. The SMILES string of the molecule is Cc1cc(C(=O)N2CCC(CCCl)C2)ccc1[N+](=O)[O-]. The Morgan fingerprint density at radius 1 is 1.55 bits per heavy atom. The fourth-order valence-electron chi connectivity index (χ4n) is 2.58. The Labute approximate surface area is 122 Å². The summed E-state index contributed by atoms with van der Waals surface area (Å²) in [6, 6.07) is 4.52. The van der Waals surface area contributed by atoms with Gasteiger partial charge in [0.1, 0.15) is 0 Å². The van der Waals surface area contributed by atoms with Gasteiger partial charge in [-0.3, -0.25) is 14.9 Å². The van der Waals surface area contributed by atoms with Crippen LogP contribution in [0.5, 0.6) is 0 Å². The number of nitro benzene ring substituents is 1. The first-order chi connectivity index (χ1) is 9.52. The van der Waals surface area contributed by atoms with Crippen LogP contribution < -0.4 is 0 Å². The minimum atomic E-state index is -0.435. The van der Waals surface area contributed by atoms with E-state index in [0.29, 0.717) is 22.9 Å². The van der Waals surface area contributed by atoms with Crippen LogP contribution >= 0.6 is 11.6 Å². The summed E-state index contributed by atoms with van der Waals surface area (Å²) >= 11 is 5.73. The number of aryl methyl sites for hydroxylation is 1. The van der Waals surface area contributed by atoms with E-state index in [4.69, 9.17) is 11.6 Å². The second-order valence-corrected chi connectivity index (χ2v) is 5.52. The van der Waals surface area contributed by atoms with E-state index in [9.17, 15) is 14.9 Å². The average molecular weight is 297 g/mol. The van der Waals surface area contributed by atoms with Crippen molar-refractivity contribution in [3.63, 3.8) is 0 Å². The number of halogens is 1. The van der Waals surface area contributed by atoms with Crippen LogP contribution in [0.25, 0.3) is 0 Å². The zero-order valence-corrected chi connectivity index (χ0v) is 12.1. The van der Waals surface area contributed by atoms with Gasteiger partial charge in [-0.1, -0.05) is 0 Å². The number of likely N-dealkylation sites (tertiary alicyclic amines) is 1. The third kappa shape index (κ3) is 3.10. The van der Waals surface area contributed by atoms with E-state index in [2.05, 4.69) is 0 Å². The molecule has 1 aliphatic rings. The van der Waals surface area contributed by atoms with Gasteiger partial charge >= 0.3 is 0 Å². The number of nitrogens with zero attached hydrogens (tertiary/aromatic N) is 2. The van der Waals surface area contributed by atoms with E-state index in [1.54, 1.807) is 17.9 Å². The molecule has 0 N–H and O–H groups in total. The molecule has 0 bridgehead atoms. The smallest absolute Gasteiger partial charge is 0.272 e. The van der Waals surface area contributed by atoms with Crippen LogP contribution in [0.4, 0.5) is 5.69 Å². The maximum atomic E-state index is 12.4. The first-order valence-electron chi connectivity index (χ1n) is 6.63. The maximum Gasteiger partial charge on any atom is 0.272 e. The molecule has 1 aromatic carbocycles. The summed E-state index contributed by atoms with van der Waals surface area (Å²) in [4.78, 5) is 24.5. The molecular formula is C14H17ClN2O3. The van der Waals surface area contributed by atoms with Crippen LogP contribution in [-0.2, 0) is 0 Å². The lowest BCUT2D eigenvalue weighted by atomic mass is 10.1. The summed E-state index contributed by atoms with van der Waals surface area (Å²) in [5.74, 6) is 1.03. The molecule has 1 saturated heterocycles. The van der Waals surface area contributed by atoms with Crippen molar-refractivity contribution in [2.45, 2.75) is 19.8 Å². The fourth-order valence-corrected chi connectivity index (χ4v) is 2.89. The average Bonchev–Trinajstić information content (AvgIpc) is 2.86. The molecule has 1 atom stereocenters. The van der Waals surface area contributed by atoms with Crippen molar-refractivity contribution in [1.29, 1.82) is 0 Å². The molecule has 0 aliphatic carbocycles. The normalized spacial score (nSPS) is 18.3. The van der Waals surface area contributed by atoms with Crippen molar-refractivity contribution in [1.82, 2.24) is 4.90 Å². The van der Waals surface area contributed by atoms with Gasteiger partial charge in [0.2, 0.25) is 0 Å². The topological polar surface area (TPSA) is 63.5 Å². The molecule has 5 nitrogen and oxygen atoms in total. The zero-order valence-electron chi connectivity index (χ0n) is 11.3. The van der Waals surface area contributed by atoms with Crippen LogP contribution in [0, 0.1) is 23.0 Å². The third-order valence-electron chi connectivity index (χ3n) is 3.73. The third-order valence-corrected chi connectivity index (χ3v) is 3.95. The van der Waals surface area contributed by atoms with Crippen molar-refractivity contribution < 1.29 is 9.72 Å². The highest BCUT2D eigenvalue weighted by molar-refractivity contribution is 6.17. The molecule has 1 amide bonds. The van der Waals surface area contributed by atoms with Gasteiger partial charge in [-0.05, 0) is 37.8 Å². The van der Waals surface area contributed by atoms with Gasteiger partial charge in [-0.25, -0.2) is 0 Å². The molecule has 1 fully saturated rings. The number of carbonyl (C=O) groups is 1. The predicted octanol–water partition coefficient (Wildman–Crippen LogP) is 2.99. The first kappa shape index (κ1) is 14.8. The molecule has 1 unspecified atom stereocenters. The van der Waals surface area contributed by atoms with Crippen molar-refractivity contribution >= 4 is 23.2 Å². The van der Waals surface area contributed by atoms with Gasteiger partial charge < -0.3 is 4.90 Å². The Hall–Kier alpha value is -1.62. The summed E-state index contributed by atoms with van der Waals surface area (Å²) in [6.45, 7) is 3.10. The van der Waals surface area contributed by atoms with E-state index >= 15 is 0 Å². The molecule has 0 radical (unpaired) electrons. The summed E-state index contributed by atoms with van der Waals surface area (Å²) < 4.78 is 0. The van der Waals surface area contributed by atoms with Crippen LogP contribution in [0.15, 0.2) is 18.2 Å². The van der Waals surface area contributed by atoms with E-state index in [0.717, 1.165) is 25.9 Å². The Morgan fingerprint density at radius 3 is 2.90 bits per heavy atom. The molecule has 1 heterocycles. The van der Waals surface area contributed by atoms with E-state index in [1.165, 1.54) is 12.1 Å². The van der Waals surface area contributed by atoms with E-state index in [1.807, 2.05) is 0 Å². The lowest BCUT2D eigenvalue weighted by molar-refractivity contribution is -0.385. The van der Waals surface area contributed by atoms with Crippen LogP contribution in [0.2, 0.25) is 0 Å². The number of hydrogen-bond donors (Lipinski definition) is 0. The van der Waals surface area contributed by atoms with Crippen molar-refractivity contribution in [2.75, 3.05) is 19.0 Å². The van der Waals surface area contributed by atoms with Gasteiger partial charge in [-0.15, -0.1) is 11.6 Å². The quantitative estimate of drug-likeness (QED) is 0.487. The minimum absolute atomic E-state index is 0.0444. The largest absolute Gasteiger partial charge is 0.338 e. The fraction of sp³-hybridized carbons (Fsp3) is 0.500. The van der Waals surface area contributed by atoms with Crippen LogP contribution in [0.1, 0.15) is 28.8 Å². The standard InChI is InChI=1S/C14H17ClN2O3/c1-10-8-12(2-3-13(10)17(19)20)14(18)16-7-5-11(9-16)4-6-15/h2-3,8,11H,4-7,9H2,1H3.